The van der Waals surface area contributed by atoms with Gasteiger partial charge >= 0.3 is 0 Å². The largest absolute Gasteiger partial charge is 0.372 e. The molecule has 142 valence electrons. The summed E-state index contributed by atoms with van der Waals surface area (Å²) in [5, 5.41) is 0. The fraction of sp³-hybridized carbons (Fsp3) is 0.143. The van der Waals surface area contributed by atoms with Gasteiger partial charge in [-0.3, -0.25) is 0 Å². The number of epoxide rings is 1. The highest BCUT2D eigenvalue weighted by Gasteiger charge is 2.51. The van der Waals surface area contributed by atoms with Gasteiger partial charge in [-0.15, -0.1) is 0 Å². The summed E-state index contributed by atoms with van der Waals surface area (Å²) in [5.74, 6) is 0.177. The van der Waals surface area contributed by atoms with E-state index < -0.39 is 0 Å². The molecular formula is C28H24O. The summed E-state index contributed by atoms with van der Waals surface area (Å²) in [6, 6.07) is 43.6. The zero-order chi connectivity index (χ0) is 19.5. The summed E-state index contributed by atoms with van der Waals surface area (Å²) in [6.07, 6.45) is 0.193. The second-order valence-electron chi connectivity index (χ2n) is 7.67. The van der Waals surface area contributed by atoms with Crippen molar-refractivity contribution in [1.29, 1.82) is 0 Å². The monoisotopic (exact) mass is 376 g/mol. The minimum atomic E-state index is -0.341. The molecule has 29 heavy (non-hydrogen) atoms. The third-order valence-electron chi connectivity index (χ3n) is 6.04. The average molecular weight is 376 g/mol. The number of hydrogen-bond acceptors (Lipinski definition) is 1. The Morgan fingerprint density at radius 1 is 0.552 bits per heavy atom. The van der Waals surface area contributed by atoms with Crippen LogP contribution in [0.5, 0.6) is 0 Å². The lowest BCUT2D eigenvalue weighted by Gasteiger charge is -2.42. The molecule has 2 atom stereocenters. The predicted molar refractivity (Wildman–Crippen MR) is 118 cm³/mol. The lowest BCUT2D eigenvalue weighted by atomic mass is 9.59. The molecule has 0 amide bonds. The first-order chi connectivity index (χ1) is 14.4. The minimum Gasteiger partial charge on any atom is -0.372 e. The van der Waals surface area contributed by atoms with Gasteiger partial charge in [-0.05, 0) is 22.3 Å². The lowest BCUT2D eigenvalue weighted by molar-refractivity contribution is 0.328. The number of hydrogen-bond donors (Lipinski definition) is 0. The first-order valence-electron chi connectivity index (χ1n) is 10.2. The maximum Gasteiger partial charge on any atom is 0.0893 e. The van der Waals surface area contributed by atoms with Crippen LogP contribution in [0.1, 0.15) is 28.2 Å². The molecule has 2 unspecified atom stereocenters. The van der Waals surface area contributed by atoms with Crippen LogP contribution in [0.15, 0.2) is 121 Å². The van der Waals surface area contributed by atoms with E-state index in [1.54, 1.807) is 0 Å². The van der Waals surface area contributed by atoms with Gasteiger partial charge in [-0.25, -0.2) is 0 Å². The summed E-state index contributed by atoms with van der Waals surface area (Å²) in [6.45, 7) is 0.799. The van der Waals surface area contributed by atoms with Crippen LogP contribution in [0.3, 0.4) is 0 Å². The van der Waals surface area contributed by atoms with E-state index >= 15 is 0 Å². The molecule has 0 aromatic heterocycles. The first-order valence-corrected chi connectivity index (χ1v) is 10.2. The van der Waals surface area contributed by atoms with Gasteiger partial charge in [0.15, 0.2) is 0 Å². The maximum atomic E-state index is 6.00. The zero-order valence-electron chi connectivity index (χ0n) is 16.3. The summed E-state index contributed by atoms with van der Waals surface area (Å²) in [4.78, 5) is 0. The van der Waals surface area contributed by atoms with E-state index in [-0.39, 0.29) is 17.4 Å². The Hall–Kier alpha value is -3.16. The molecule has 0 aliphatic carbocycles. The van der Waals surface area contributed by atoms with Crippen molar-refractivity contribution in [2.45, 2.75) is 17.4 Å². The predicted octanol–water partition coefficient (Wildman–Crippen LogP) is 6.20. The highest BCUT2D eigenvalue weighted by Crippen LogP contribution is 2.53. The van der Waals surface area contributed by atoms with Crippen LogP contribution in [0.4, 0.5) is 0 Å². The Morgan fingerprint density at radius 3 is 1.24 bits per heavy atom. The molecule has 0 bridgehead atoms. The molecule has 0 spiro atoms. The van der Waals surface area contributed by atoms with Crippen LogP contribution in [0.25, 0.3) is 0 Å². The van der Waals surface area contributed by atoms with Crippen molar-refractivity contribution in [3.8, 4) is 0 Å². The fourth-order valence-corrected chi connectivity index (χ4v) is 4.79. The van der Waals surface area contributed by atoms with E-state index in [2.05, 4.69) is 121 Å². The molecule has 5 rings (SSSR count). The van der Waals surface area contributed by atoms with Gasteiger partial charge < -0.3 is 4.74 Å². The number of rotatable bonds is 6. The van der Waals surface area contributed by atoms with Crippen LogP contribution >= 0.6 is 0 Å². The maximum absolute atomic E-state index is 6.00. The number of ether oxygens (including phenoxy) is 1. The van der Waals surface area contributed by atoms with Crippen molar-refractivity contribution in [2.75, 3.05) is 6.61 Å². The lowest BCUT2D eigenvalue weighted by Crippen LogP contribution is -2.39. The molecule has 1 heteroatoms. The summed E-state index contributed by atoms with van der Waals surface area (Å²) >= 11 is 0. The quantitative estimate of drug-likeness (QED) is 0.288. The fourth-order valence-electron chi connectivity index (χ4n) is 4.79. The molecule has 4 aromatic carbocycles. The van der Waals surface area contributed by atoms with Crippen molar-refractivity contribution in [1.82, 2.24) is 0 Å². The van der Waals surface area contributed by atoms with E-state index in [1.807, 2.05) is 0 Å². The Bertz CT molecular complexity index is 942. The van der Waals surface area contributed by atoms with Crippen molar-refractivity contribution in [2.24, 2.45) is 0 Å². The van der Waals surface area contributed by atoms with Crippen molar-refractivity contribution >= 4 is 0 Å². The Labute approximate surface area is 172 Å². The third kappa shape index (κ3) is 3.18. The second kappa shape index (κ2) is 7.69. The smallest absolute Gasteiger partial charge is 0.0893 e. The van der Waals surface area contributed by atoms with Crippen LogP contribution in [0, 0.1) is 0 Å². The van der Waals surface area contributed by atoms with E-state index in [0.29, 0.717) is 0 Å². The normalized spacial score (nSPS) is 16.9. The van der Waals surface area contributed by atoms with E-state index in [9.17, 15) is 0 Å². The third-order valence-corrected chi connectivity index (χ3v) is 6.04. The molecule has 1 aliphatic heterocycles. The standard InChI is InChI=1S/C28H24O/c1-5-13-22(14-6-1)27(26-21-29-26)28(23-15-7-2-8-16-23,24-17-9-3-10-18-24)25-19-11-4-12-20-25/h1-20,26-27H,21H2. The molecule has 0 saturated carbocycles. The van der Waals surface area contributed by atoms with Crippen molar-refractivity contribution < 1.29 is 4.74 Å². The number of benzene rings is 4. The topological polar surface area (TPSA) is 12.5 Å². The molecule has 1 heterocycles. The molecular weight excluding hydrogens is 352 g/mol. The van der Waals surface area contributed by atoms with Crippen molar-refractivity contribution in [3.63, 3.8) is 0 Å². The Balaban J connectivity index is 1.88. The Kier molecular flexibility index (Phi) is 4.75. The highest BCUT2D eigenvalue weighted by atomic mass is 16.6. The van der Waals surface area contributed by atoms with E-state index in [1.165, 1.54) is 22.3 Å². The Morgan fingerprint density at radius 2 is 0.897 bits per heavy atom. The summed E-state index contributed by atoms with van der Waals surface area (Å²) in [7, 11) is 0. The SMILES string of the molecule is c1ccc(C(C2CO2)C(c2ccccc2)(c2ccccc2)c2ccccc2)cc1. The average Bonchev–Trinajstić information content (AvgIpc) is 3.65. The molecule has 0 radical (unpaired) electrons. The summed E-state index contributed by atoms with van der Waals surface area (Å²) in [5.41, 5.74) is 4.85. The highest BCUT2D eigenvalue weighted by molar-refractivity contribution is 5.55. The van der Waals surface area contributed by atoms with Crippen LogP contribution in [0.2, 0.25) is 0 Å². The molecule has 1 saturated heterocycles. The molecule has 1 nitrogen and oxygen atoms in total. The van der Waals surface area contributed by atoms with Crippen LogP contribution < -0.4 is 0 Å². The van der Waals surface area contributed by atoms with Crippen molar-refractivity contribution in [3.05, 3.63) is 144 Å². The molecule has 4 aromatic rings. The first kappa shape index (κ1) is 17.9. The molecule has 0 N–H and O–H groups in total. The minimum absolute atomic E-state index is 0.177. The van der Waals surface area contributed by atoms with Gasteiger partial charge in [0, 0.05) is 5.92 Å². The summed E-state index contributed by atoms with van der Waals surface area (Å²) < 4.78 is 6.00. The molecule has 1 aliphatic rings. The van der Waals surface area contributed by atoms with Gasteiger partial charge in [0.05, 0.1) is 18.1 Å². The van der Waals surface area contributed by atoms with Gasteiger partial charge in [0.25, 0.3) is 0 Å². The van der Waals surface area contributed by atoms with Crippen LogP contribution in [-0.4, -0.2) is 12.7 Å². The van der Waals surface area contributed by atoms with Gasteiger partial charge in [-0.1, -0.05) is 121 Å². The van der Waals surface area contributed by atoms with Gasteiger partial charge in [-0.2, -0.15) is 0 Å². The molecule has 1 fully saturated rings. The van der Waals surface area contributed by atoms with E-state index in [4.69, 9.17) is 4.74 Å². The van der Waals surface area contributed by atoms with Gasteiger partial charge in [0.2, 0.25) is 0 Å². The van der Waals surface area contributed by atoms with Gasteiger partial charge in [0.1, 0.15) is 0 Å². The van der Waals surface area contributed by atoms with E-state index in [0.717, 1.165) is 6.61 Å². The second-order valence-corrected chi connectivity index (χ2v) is 7.67. The van der Waals surface area contributed by atoms with Crippen LogP contribution in [-0.2, 0) is 10.2 Å². The zero-order valence-corrected chi connectivity index (χ0v) is 16.3.